The third-order valence-corrected chi connectivity index (χ3v) is 5.51. The molecule has 3 aliphatic heterocycles. The Hall–Kier alpha value is -1.68. The van der Waals surface area contributed by atoms with Crippen molar-refractivity contribution in [3.63, 3.8) is 0 Å². The molecule has 4 unspecified atom stereocenters. The Morgan fingerprint density at radius 3 is 2.69 bits per heavy atom. The topological polar surface area (TPSA) is 67.7 Å². The molecule has 0 aromatic rings. The van der Waals surface area contributed by atoms with E-state index in [4.69, 9.17) is 0 Å². The van der Waals surface area contributed by atoms with Gasteiger partial charge in [0.25, 0.3) is 0 Å². The summed E-state index contributed by atoms with van der Waals surface area (Å²) in [5, 5.41) is 7.50. The van der Waals surface area contributed by atoms with Gasteiger partial charge in [0, 0.05) is 25.6 Å². The van der Waals surface area contributed by atoms with Crippen LogP contribution in [-0.2, 0) is 4.79 Å². The summed E-state index contributed by atoms with van der Waals surface area (Å²) in [4.78, 5) is 26.5. The van der Waals surface area contributed by atoms with Crippen molar-refractivity contribution in [1.29, 1.82) is 0 Å². The van der Waals surface area contributed by atoms with Gasteiger partial charge in [0.1, 0.15) is 11.0 Å². The number of hydrazine groups is 1. The van der Waals surface area contributed by atoms with Gasteiger partial charge in [-0.15, -0.1) is 5.01 Å². The second-order valence-corrected chi connectivity index (χ2v) is 7.22. The highest BCUT2D eigenvalue weighted by Crippen LogP contribution is 2.35. The Kier molecular flexibility index (Phi) is 5.52. The smallest absolute Gasteiger partial charge is 0.352 e. The molecule has 3 heterocycles. The molecule has 4 atom stereocenters. The SMILES string of the molecule is C=CC(=O)NCC1CN(C2CCC(C(F)(F)F)CN2)C2CC[N+](=O)N2C1. The van der Waals surface area contributed by atoms with Gasteiger partial charge in [-0.2, -0.15) is 13.2 Å². The summed E-state index contributed by atoms with van der Waals surface area (Å²) in [5.41, 5.74) is 0. The van der Waals surface area contributed by atoms with Crippen LogP contribution >= 0.6 is 0 Å². The normalized spacial score (nSPS) is 33.0. The molecule has 3 aliphatic rings. The fourth-order valence-corrected chi connectivity index (χ4v) is 4.13. The first-order chi connectivity index (χ1) is 12.3. The maximum Gasteiger partial charge on any atom is 0.393 e. The number of nitrogens with one attached hydrogen (secondary N) is 2. The van der Waals surface area contributed by atoms with Crippen LogP contribution in [-0.4, -0.2) is 71.9 Å². The molecular weight excluding hydrogens is 351 g/mol. The van der Waals surface area contributed by atoms with Crippen LogP contribution in [0, 0.1) is 16.7 Å². The fraction of sp³-hybridized carbons (Fsp3) is 0.812. The number of carbonyl (C=O) groups excluding carboxylic acids is 1. The molecule has 0 radical (unpaired) electrons. The average Bonchev–Trinajstić information content (AvgIpc) is 2.99. The number of piperidine rings is 1. The van der Waals surface area contributed by atoms with E-state index in [1.165, 1.54) is 6.08 Å². The number of hydrogen-bond donors (Lipinski definition) is 2. The predicted octanol–water partition coefficient (Wildman–Crippen LogP) is 0.834. The van der Waals surface area contributed by atoms with Gasteiger partial charge in [0.15, 0.2) is 0 Å². The van der Waals surface area contributed by atoms with Crippen LogP contribution in [0.2, 0.25) is 0 Å². The number of amides is 1. The van der Waals surface area contributed by atoms with Crippen LogP contribution in [0.5, 0.6) is 0 Å². The van der Waals surface area contributed by atoms with Crippen molar-refractivity contribution in [3.05, 3.63) is 17.6 Å². The average molecular weight is 376 g/mol. The molecule has 0 aromatic heterocycles. The molecule has 26 heavy (non-hydrogen) atoms. The highest BCUT2D eigenvalue weighted by molar-refractivity contribution is 5.86. The van der Waals surface area contributed by atoms with Gasteiger partial charge in [-0.1, -0.05) is 6.58 Å². The lowest BCUT2D eigenvalue weighted by Crippen LogP contribution is -2.64. The minimum Gasteiger partial charge on any atom is -0.352 e. The predicted molar refractivity (Wildman–Crippen MR) is 87.6 cm³/mol. The van der Waals surface area contributed by atoms with E-state index >= 15 is 0 Å². The highest BCUT2D eigenvalue weighted by Gasteiger charge is 2.50. The quantitative estimate of drug-likeness (QED) is 0.562. The molecule has 7 nitrogen and oxygen atoms in total. The lowest BCUT2D eigenvalue weighted by molar-refractivity contribution is -0.697. The molecule has 3 saturated heterocycles. The summed E-state index contributed by atoms with van der Waals surface area (Å²) in [6, 6.07) is 0. The number of rotatable bonds is 4. The number of alkyl halides is 3. The maximum atomic E-state index is 12.9. The van der Waals surface area contributed by atoms with Gasteiger partial charge in [0.05, 0.1) is 30.0 Å². The third-order valence-electron chi connectivity index (χ3n) is 5.51. The first-order valence-corrected chi connectivity index (χ1v) is 8.97. The number of nitrogens with zero attached hydrogens (tertiary/aromatic N) is 3. The number of halogens is 3. The van der Waals surface area contributed by atoms with Crippen LogP contribution in [0.25, 0.3) is 0 Å². The largest absolute Gasteiger partial charge is 0.393 e. The van der Waals surface area contributed by atoms with E-state index in [1.54, 1.807) is 5.01 Å². The van der Waals surface area contributed by atoms with Crippen LogP contribution in [0.3, 0.4) is 0 Å². The van der Waals surface area contributed by atoms with Crippen molar-refractivity contribution in [2.45, 2.75) is 37.8 Å². The van der Waals surface area contributed by atoms with Gasteiger partial charge < -0.3 is 10.6 Å². The van der Waals surface area contributed by atoms with Crippen molar-refractivity contribution in [2.75, 3.05) is 32.7 Å². The van der Waals surface area contributed by atoms with E-state index in [1.807, 2.05) is 0 Å². The molecule has 3 rings (SSSR count). The molecule has 0 spiro atoms. The van der Waals surface area contributed by atoms with E-state index in [2.05, 4.69) is 22.1 Å². The number of hydrogen-bond acceptors (Lipinski definition) is 4. The molecule has 146 valence electrons. The molecule has 0 bridgehead atoms. The highest BCUT2D eigenvalue weighted by atomic mass is 19.4. The summed E-state index contributed by atoms with van der Waals surface area (Å²) >= 11 is 0. The second kappa shape index (κ2) is 7.51. The zero-order chi connectivity index (χ0) is 18.9. The monoisotopic (exact) mass is 376 g/mol. The summed E-state index contributed by atoms with van der Waals surface area (Å²) in [6.07, 6.45) is -2.13. The van der Waals surface area contributed by atoms with Gasteiger partial charge in [-0.3, -0.25) is 9.69 Å². The maximum absolute atomic E-state index is 12.9. The van der Waals surface area contributed by atoms with Crippen molar-refractivity contribution in [2.24, 2.45) is 11.8 Å². The summed E-state index contributed by atoms with van der Waals surface area (Å²) in [6.45, 7) is 5.24. The van der Waals surface area contributed by atoms with Crippen LogP contribution in [0.15, 0.2) is 12.7 Å². The molecular formula is C16H25F3N5O2+. The van der Waals surface area contributed by atoms with Gasteiger partial charge >= 0.3 is 6.18 Å². The second-order valence-electron chi connectivity index (χ2n) is 7.22. The Morgan fingerprint density at radius 1 is 1.31 bits per heavy atom. The third kappa shape index (κ3) is 4.01. The van der Waals surface area contributed by atoms with E-state index in [0.29, 0.717) is 39.0 Å². The van der Waals surface area contributed by atoms with Crippen molar-refractivity contribution in [1.82, 2.24) is 20.5 Å². The van der Waals surface area contributed by atoms with Crippen molar-refractivity contribution >= 4 is 5.91 Å². The van der Waals surface area contributed by atoms with Gasteiger partial charge in [-0.25, -0.2) is 0 Å². The minimum absolute atomic E-state index is 0.0202. The summed E-state index contributed by atoms with van der Waals surface area (Å²) in [7, 11) is 0. The van der Waals surface area contributed by atoms with Gasteiger partial charge in [0.2, 0.25) is 12.5 Å². The van der Waals surface area contributed by atoms with Crippen molar-refractivity contribution in [3.8, 4) is 0 Å². The van der Waals surface area contributed by atoms with Crippen LogP contribution in [0.4, 0.5) is 13.2 Å². The van der Waals surface area contributed by atoms with E-state index in [9.17, 15) is 22.9 Å². The van der Waals surface area contributed by atoms with Crippen LogP contribution in [0.1, 0.15) is 19.3 Å². The lowest BCUT2D eigenvalue weighted by Gasteiger charge is -2.46. The van der Waals surface area contributed by atoms with Crippen LogP contribution < -0.4 is 10.6 Å². The van der Waals surface area contributed by atoms with E-state index < -0.39 is 12.1 Å². The molecule has 0 aliphatic carbocycles. The summed E-state index contributed by atoms with van der Waals surface area (Å²) in [5.74, 6) is -1.57. The van der Waals surface area contributed by atoms with Gasteiger partial charge in [-0.05, 0) is 18.9 Å². The Bertz CT molecular complexity index is 563. The van der Waals surface area contributed by atoms with E-state index in [0.717, 1.165) is 4.87 Å². The Morgan fingerprint density at radius 2 is 2.08 bits per heavy atom. The first-order valence-electron chi connectivity index (χ1n) is 8.97. The zero-order valence-corrected chi connectivity index (χ0v) is 14.5. The molecule has 10 heteroatoms. The van der Waals surface area contributed by atoms with Crippen molar-refractivity contribution < 1.29 is 22.8 Å². The van der Waals surface area contributed by atoms with E-state index in [-0.39, 0.29) is 37.1 Å². The number of carbonyl (C=O) groups is 1. The number of fused-ring (bicyclic) bond motifs is 1. The fourth-order valence-electron chi connectivity index (χ4n) is 4.13. The molecule has 1 amide bonds. The molecule has 3 fully saturated rings. The number of nitroso groups, excluding NO2 is 1. The first kappa shape index (κ1) is 19.1. The molecule has 0 aromatic carbocycles. The Labute approximate surface area is 150 Å². The Balaban J connectivity index is 1.65. The summed E-state index contributed by atoms with van der Waals surface area (Å²) < 4.78 is 38.7. The lowest BCUT2D eigenvalue weighted by atomic mass is 9.95. The molecule has 0 saturated carbocycles. The standard InChI is InChI=1S/C16H24F3N5O2/c1-2-14(25)21-7-11-9-22(15-5-6-24(26)23(15)10-11)13-4-3-12(8-20-13)16(17,18)19/h2,11-13,15,20H,1,3-10H2/p+1. The zero-order valence-electron chi connectivity index (χ0n) is 14.5. The minimum atomic E-state index is -4.18. The molecule has 2 N–H and O–H groups in total.